The van der Waals surface area contributed by atoms with Crippen molar-refractivity contribution in [1.29, 1.82) is 0 Å². The molecule has 0 atom stereocenters. The number of halogens is 8. The maximum Gasteiger partial charge on any atom is 0.459 e. The van der Waals surface area contributed by atoms with Crippen molar-refractivity contribution in [2.24, 2.45) is 7.05 Å². The van der Waals surface area contributed by atoms with Crippen molar-refractivity contribution >= 4 is 17.2 Å². The van der Waals surface area contributed by atoms with Crippen LogP contribution >= 0.6 is 11.3 Å². The number of carbonyl (C=O) groups is 1. The summed E-state index contributed by atoms with van der Waals surface area (Å²) in [5.74, 6) is -7.42. The minimum Gasteiger partial charge on any atom is -0.347 e. The molecule has 4 rings (SSSR count). The second kappa shape index (κ2) is 7.50. The van der Waals surface area contributed by atoms with Crippen molar-refractivity contribution in [3.8, 4) is 16.3 Å². The fraction of sp³-hybridized carbons (Fsp3) is 0.412. The lowest BCUT2D eigenvalue weighted by Gasteiger charge is -2.19. The number of alkyl halides is 8. The highest BCUT2D eigenvalue weighted by Gasteiger charge is 2.64. The summed E-state index contributed by atoms with van der Waals surface area (Å²) < 4.78 is 108. The minimum atomic E-state index is -6.30. The third kappa shape index (κ3) is 4.18. The molecule has 1 amide bonds. The highest BCUT2D eigenvalue weighted by Crippen LogP contribution is 2.49. The minimum absolute atomic E-state index is 0.0715. The molecule has 0 radical (unpaired) electrons. The van der Waals surface area contributed by atoms with Gasteiger partial charge in [0.15, 0.2) is 16.5 Å². The van der Waals surface area contributed by atoms with Gasteiger partial charge >= 0.3 is 18.3 Å². The number of hydrogen-bond donors (Lipinski definition) is 1. The summed E-state index contributed by atoms with van der Waals surface area (Å²) in [4.78, 5) is 16.3. The van der Waals surface area contributed by atoms with Gasteiger partial charge in [-0.3, -0.25) is 4.79 Å². The van der Waals surface area contributed by atoms with Gasteiger partial charge in [0.25, 0.3) is 5.91 Å². The molecule has 1 saturated carbocycles. The fourth-order valence-electron chi connectivity index (χ4n) is 2.95. The van der Waals surface area contributed by atoms with E-state index >= 15 is 0 Å². The molecule has 16 heteroatoms. The molecule has 1 aliphatic carbocycles. The zero-order valence-electron chi connectivity index (χ0n) is 16.3. The highest BCUT2D eigenvalue weighted by molar-refractivity contribution is 7.16. The van der Waals surface area contributed by atoms with E-state index in [-0.39, 0.29) is 21.3 Å². The Balaban J connectivity index is 1.74. The molecule has 0 aliphatic heterocycles. The van der Waals surface area contributed by atoms with E-state index in [2.05, 4.69) is 20.5 Å². The average Bonchev–Trinajstić information content (AvgIpc) is 3.10. The third-order valence-corrected chi connectivity index (χ3v) is 5.70. The van der Waals surface area contributed by atoms with Crippen LogP contribution in [0.25, 0.3) is 16.3 Å². The maximum absolute atomic E-state index is 13.8. The number of thiazole rings is 1. The molecule has 1 fully saturated rings. The van der Waals surface area contributed by atoms with Crippen molar-refractivity contribution in [3.05, 3.63) is 34.9 Å². The molecule has 0 aromatic carbocycles. The molecular weight excluding hydrogens is 488 g/mol. The van der Waals surface area contributed by atoms with E-state index in [0.717, 1.165) is 43.6 Å². The molecule has 1 aliphatic rings. The topological polar surface area (TPSA) is 77.6 Å². The first kappa shape index (κ1) is 23.1. The van der Waals surface area contributed by atoms with Gasteiger partial charge in [-0.15, -0.1) is 11.3 Å². The zero-order valence-corrected chi connectivity index (χ0v) is 17.1. The molecule has 178 valence electrons. The molecule has 0 saturated heterocycles. The fourth-order valence-corrected chi connectivity index (χ4v) is 3.74. The van der Waals surface area contributed by atoms with Crippen LogP contribution in [0.3, 0.4) is 0 Å². The van der Waals surface area contributed by atoms with Gasteiger partial charge in [0, 0.05) is 31.0 Å². The number of nitrogens with one attached hydrogen (secondary N) is 1. The molecule has 0 spiro atoms. The highest BCUT2D eigenvalue weighted by atomic mass is 32.1. The molecule has 3 aromatic rings. The quantitative estimate of drug-likeness (QED) is 0.531. The number of carbonyl (C=O) groups excluding carboxylic acids is 1. The molecule has 3 heterocycles. The average molecular weight is 500 g/mol. The summed E-state index contributed by atoms with van der Waals surface area (Å²) in [7, 11) is 0.787. The lowest BCUT2D eigenvalue weighted by atomic mass is 10.1. The lowest BCUT2D eigenvalue weighted by molar-refractivity contribution is -0.292. The van der Waals surface area contributed by atoms with Gasteiger partial charge in [-0.05, 0) is 12.8 Å². The van der Waals surface area contributed by atoms with Gasteiger partial charge in [-0.25, -0.2) is 14.3 Å². The van der Waals surface area contributed by atoms with E-state index in [1.54, 1.807) is 0 Å². The molecule has 0 unspecified atom stereocenters. The maximum atomic E-state index is 13.8. The Labute approximate surface area is 183 Å². The molecule has 33 heavy (non-hydrogen) atoms. The summed E-state index contributed by atoms with van der Waals surface area (Å²) in [5, 5.41) is 9.32. The molecule has 7 nitrogen and oxygen atoms in total. The number of aryl methyl sites for hydroxylation is 1. The number of nitrogens with zero attached hydrogens (tertiary/aromatic N) is 5. The summed E-state index contributed by atoms with van der Waals surface area (Å²) in [6.07, 6.45) is -6.89. The standard InChI is InChI=1S/C17H12F8N6OS/c1-30-14(10(16(20,21)22)11(29-30)15(18,19)17(23,24)25)31-6-7(4-27-31)9-5-26-13(33-9)12(32)28-8-2-3-8/h4-6,8H,2-3H2,1H3,(H,28,32). The van der Waals surface area contributed by atoms with E-state index < -0.39 is 41.3 Å². The van der Waals surface area contributed by atoms with Crippen LogP contribution in [0.4, 0.5) is 35.1 Å². The van der Waals surface area contributed by atoms with Crippen molar-refractivity contribution in [3.63, 3.8) is 0 Å². The first-order chi connectivity index (χ1) is 15.2. The Morgan fingerprint density at radius 3 is 2.36 bits per heavy atom. The normalized spacial score (nSPS) is 15.2. The van der Waals surface area contributed by atoms with Crippen molar-refractivity contribution < 1.29 is 39.9 Å². The second-order valence-electron chi connectivity index (χ2n) is 7.19. The van der Waals surface area contributed by atoms with Crippen LogP contribution in [0.1, 0.15) is 33.9 Å². The predicted octanol–water partition coefficient (Wildman–Crippen LogP) is 4.29. The van der Waals surface area contributed by atoms with Gasteiger partial charge in [0.2, 0.25) is 0 Å². The van der Waals surface area contributed by atoms with Crippen LogP contribution in [0.2, 0.25) is 0 Å². The van der Waals surface area contributed by atoms with E-state index in [0.29, 0.717) is 9.56 Å². The summed E-state index contributed by atoms with van der Waals surface area (Å²) in [6, 6.07) is 0.0715. The van der Waals surface area contributed by atoms with E-state index in [1.165, 1.54) is 6.20 Å². The second-order valence-corrected chi connectivity index (χ2v) is 8.22. The Morgan fingerprint density at radius 1 is 1.12 bits per heavy atom. The molecular formula is C17H12F8N6OS. The molecule has 3 aromatic heterocycles. The van der Waals surface area contributed by atoms with Crippen LogP contribution in [0, 0.1) is 0 Å². The van der Waals surface area contributed by atoms with E-state index in [1.807, 2.05) is 0 Å². The van der Waals surface area contributed by atoms with Gasteiger partial charge in [0.05, 0.1) is 11.1 Å². The largest absolute Gasteiger partial charge is 0.459 e. The Bertz CT molecular complexity index is 1200. The van der Waals surface area contributed by atoms with Crippen molar-refractivity contribution in [2.75, 3.05) is 0 Å². The smallest absolute Gasteiger partial charge is 0.347 e. The van der Waals surface area contributed by atoms with E-state index in [9.17, 15) is 39.9 Å². The van der Waals surface area contributed by atoms with Crippen LogP contribution < -0.4 is 5.32 Å². The van der Waals surface area contributed by atoms with Gasteiger partial charge < -0.3 is 5.32 Å². The molecule has 0 bridgehead atoms. The van der Waals surface area contributed by atoms with Crippen LogP contribution in [0.5, 0.6) is 0 Å². The Morgan fingerprint density at radius 2 is 1.79 bits per heavy atom. The number of amides is 1. The number of aromatic nitrogens is 5. The lowest BCUT2D eigenvalue weighted by Crippen LogP contribution is -2.36. The number of hydrogen-bond acceptors (Lipinski definition) is 5. The van der Waals surface area contributed by atoms with Crippen LogP contribution in [0.15, 0.2) is 18.6 Å². The van der Waals surface area contributed by atoms with E-state index in [4.69, 9.17) is 0 Å². The van der Waals surface area contributed by atoms with Crippen LogP contribution in [-0.2, 0) is 19.1 Å². The Kier molecular flexibility index (Phi) is 5.25. The first-order valence-corrected chi connectivity index (χ1v) is 9.93. The molecule has 1 N–H and O–H groups in total. The summed E-state index contributed by atoms with van der Waals surface area (Å²) in [6.45, 7) is 0. The van der Waals surface area contributed by atoms with Crippen LogP contribution in [-0.4, -0.2) is 42.7 Å². The Hall–Kier alpha value is -3.04. The summed E-state index contributed by atoms with van der Waals surface area (Å²) >= 11 is 0.909. The van der Waals surface area contributed by atoms with Gasteiger partial charge in [-0.2, -0.15) is 45.3 Å². The first-order valence-electron chi connectivity index (χ1n) is 9.11. The van der Waals surface area contributed by atoms with Gasteiger partial charge in [0.1, 0.15) is 5.56 Å². The number of rotatable bonds is 5. The monoisotopic (exact) mass is 500 g/mol. The van der Waals surface area contributed by atoms with Crippen molar-refractivity contribution in [1.82, 2.24) is 29.9 Å². The zero-order chi connectivity index (χ0) is 24.3. The summed E-state index contributed by atoms with van der Waals surface area (Å²) in [5.41, 5.74) is -4.58. The SMILES string of the molecule is Cn1nc(C(F)(F)C(F)(F)F)c(C(F)(F)F)c1-n1cc(-c2cnc(C(=O)NC3CC3)s2)cn1. The van der Waals surface area contributed by atoms with Crippen molar-refractivity contribution in [2.45, 2.75) is 37.2 Å². The predicted molar refractivity (Wildman–Crippen MR) is 96.9 cm³/mol. The van der Waals surface area contributed by atoms with Gasteiger partial charge in [-0.1, -0.05) is 0 Å². The third-order valence-electron chi connectivity index (χ3n) is 4.65.